The van der Waals surface area contributed by atoms with Gasteiger partial charge in [0.05, 0.1) is 12.8 Å². The molecular formula is C19H18F3N3O4. The highest BCUT2D eigenvalue weighted by Crippen LogP contribution is 2.29. The molecule has 0 saturated heterocycles. The average molecular weight is 409 g/mol. The van der Waals surface area contributed by atoms with E-state index in [9.17, 15) is 18.0 Å². The number of rotatable bonds is 7. The molecule has 0 aliphatic rings. The summed E-state index contributed by atoms with van der Waals surface area (Å²) in [6, 6.07) is 6.32. The summed E-state index contributed by atoms with van der Waals surface area (Å²) in [6.45, 7) is 0.590. The summed E-state index contributed by atoms with van der Waals surface area (Å²) in [6.07, 6.45) is 0.148. The number of ether oxygens (including phenoxy) is 3. The quantitative estimate of drug-likeness (QED) is 0.561. The maximum Gasteiger partial charge on any atom is 0.573 e. The van der Waals surface area contributed by atoms with Gasteiger partial charge in [0.15, 0.2) is 0 Å². The first-order valence-corrected chi connectivity index (χ1v) is 8.50. The molecule has 0 fully saturated rings. The molecule has 7 nitrogen and oxygen atoms in total. The predicted octanol–water partition coefficient (Wildman–Crippen LogP) is 3.16. The van der Waals surface area contributed by atoms with Crippen molar-refractivity contribution >= 4 is 0 Å². The van der Waals surface area contributed by atoms with Crippen molar-refractivity contribution in [2.24, 2.45) is 7.05 Å². The third-order valence-corrected chi connectivity index (χ3v) is 3.93. The number of alkyl halides is 3. The van der Waals surface area contributed by atoms with Gasteiger partial charge in [0, 0.05) is 49.4 Å². The Morgan fingerprint density at radius 3 is 2.41 bits per heavy atom. The zero-order valence-electron chi connectivity index (χ0n) is 15.6. The molecule has 0 spiro atoms. The number of hydrogen-bond acceptors (Lipinski definition) is 5. The van der Waals surface area contributed by atoms with E-state index in [2.05, 4.69) is 9.84 Å². The highest BCUT2D eigenvalue weighted by molar-refractivity contribution is 5.68. The van der Waals surface area contributed by atoms with E-state index in [0.717, 1.165) is 12.1 Å². The van der Waals surface area contributed by atoms with Crippen LogP contribution in [-0.4, -0.2) is 41.0 Å². The van der Waals surface area contributed by atoms with Gasteiger partial charge in [-0.25, -0.2) is 0 Å². The van der Waals surface area contributed by atoms with Crippen LogP contribution in [0.15, 0.2) is 53.7 Å². The largest absolute Gasteiger partial charge is 0.573 e. The number of pyridine rings is 1. The van der Waals surface area contributed by atoms with Crippen molar-refractivity contribution in [2.45, 2.75) is 6.36 Å². The Kier molecular flexibility index (Phi) is 5.92. The topological polar surface area (TPSA) is 67.5 Å². The molecule has 3 rings (SSSR count). The number of methoxy groups -OCH3 is 1. The first kappa shape index (κ1) is 20.5. The van der Waals surface area contributed by atoms with Crippen LogP contribution >= 0.6 is 0 Å². The number of benzene rings is 1. The summed E-state index contributed by atoms with van der Waals surface area (Å²) in [5, 5.41) is 4.13. The molecule has 0 radical (unpaired) electrons. The van der Waals surface area contributed by atoms with Crippen molar-refractivity contribution in [3.8, 4) is 28.3 Å². The molecule has 0 amide bonds. The van der Waals surface area contributed by atoms with Crippen LogP contribution in [0.3, 0.4) is 0 Å². The second-order valence-electron chi connectivity index (χ2n) is 6.05. The van der Waals surface area contributed by atoms with Gasteiger partial charge in [-0.05, 0) is 24.3 Å². The molecule has 3 aromatic rings. The molecule has 29 heavy (non-hydrogen) atoms. The molecule has 0 N–H and O–H groups in total. The number of aryl methyl sites for hydroxylation is 1. The van der Waals surface area contributed by atoms with E-state index in [4.69, 9.17) is 9.47 Å². The molecule has 2 heterocycles. The van der Waals surface area contributed by atoms with Crippen LogP contribution in [-0.2, 0) is 11.8 Å². The van der Waals surface area contributed by atoms with Crippen LogP contribution in [0, 0.1) is 0 Å². The van der Waals surface area contributed by atoms with Gasteiger partial charge in [0.1, 0.15) is 18.1 Å². The number of aromatic nitrogens is 3. The lowest BCUT2D eigenvalue weighted by Crippen LogP contribution is -2.19. The third-order valence-electron chi connectivity index (χ3n) is 3.93. The number of nitrogens with zero attached hydrogens (tertiary/aromatic N) is 3. The van der Waals surface area contributed by atoms with Crippen LogP contribution in [0.2, 0.25) is 0 Å². The van der Waals surface area contributed by atoms with E-state index >= 15 is 0 Å². The van der Waals surface area contributed by atoms with Crippen molar-refractivity contribution < 1.29 is 27.4 Å². The van der Waals surface area contributed by atoms with Gasteiger partial charge in [0.25, 0.3) is 5.56 Å². The van der Waals surface area contributed by atoms with Crippen LogP contribution in [0.25, 0.3) is 16.8 Å². The molecule has 0 saturated carbocycles. The summed E-state index contributed by atoms with van der Waals surface area (Å²) >= 11 is 0. The minimum atomic E-state index is -4.78. The average Bonchev–Trinajstić information content (AvgIpc) is 3.08. The Morgan fingerprint density at radius 2 is 1.83 bits per heavy atom. The summed E-state index contributed by atoms with van der Waals surface area (Å²) in [7, 11) is 3.29. The van der Waals surface area contributed by atoms with Crippen molar-refractivity contribution in [3.63, 3.8) is 0 Å². The summed E-state index contributed by atoms with van der Waals surface area (Å²) < 4.78 is 54.4. The maximum absolute atomic E-state index is 12.6. The first-order valence-electron chi connectivity index (χ1n) is 8.50. The van der Waals surface area contributed by atoms with Gasteiger partial charge in [-0.2, -0.15) is 5.10 Å². The van der Waals surface area contributed by atoms with Crippen molar-refractivity contribution in [2.75, 3.05) is 20.3 Å². The zero-order valence-corrected chi connectivity index (χ0v) is 15.6. The predicted molar refractivity (Wildman–Crippen MR) is 98.3 cm³/mol. The van der Waals surface area contributed by atoms with E-state index in [1.54, 1.807) is 30.3 Å². The van der Waals surface area contributed by atoms with Gasteiger partial charge in [0.2, 0.25) is 0 Å². The van der Waals surface area contributed by atoms with E-state index in [1.165, 1.54) is 29.9 Å². The van der Waals surface area contributed by atoms with Gasteiger partial charge >= 0.3 is 6.36 Å². The second-order valence-corrected chi connectivity index (χ2v) is 6.05. The fraction of sp³-hybridized carbons (Fsp3) is 0.263. The van der Waals surface area contributed by atoms with Gasteiger partial charge < -0.3 is 14.2 Å². The summed E-state index contributed by atoms with van der Waals surface area (Å²) in [5.74, 6) is -0.0189. The van der Waals surface area contributed by atoms with Gasteiger partial charge in [-0.3, -0.25) is 14.0 Å². The van der Waals surface area contributed by atoms with E-state index < -0.39 is 11.9 Å². The molecule has 10 heteroatoms. The molecular weight excluding hydrogens is 391 g/mol. The Bertz CT molecular complexity index is 1030. The summed E-state index contributed by atoms with van der Waals surface area (Å²) in [5.41, 5.74) is 1.28. The minimum Gasteiger partial charge on any atom is -0.490 e. The highest BCUT2D eigenvalue weighted by Gasteiger charge is 2.31. The smallest absolute Gasteiger partial charge is 0.490 e. The zero-order chi connectivity index (χ0) is 21.0. The van der Waals surface area contributed by atoms with Crippen LogP contribution in [0.5, 0.6) is 11.5 Å². The van der Waals surface area contributed by atoms with Crippen molar-refractivity contribution in [1.82, 2.24) is 14.3 Å². The highest BCUT2D eigenvalue weighted by atomic mass is 19.4. The lowest BCUT2D eigenvalue weighted by atomic mass is 10.1. The van der Waals surface area contributed by atoms with E-state index in [1.807, 2.05) is 0 Å². The fourth-order valence-electron chi connectivity index (χ4n) is 2.66. The van der Waals surface area contributed by atoms with Crippen LogP contribution in [0.4, 0.5) is 13.2 Å². The molecule has 0 aliphatic carbocycles. The lowest BCUT2D eigenvalue weighted by molar-refractivity contribution is -0.274. The fourth-order valence-corrected chi connectivity index (χ4v) is 2.66. The molecule has 0 bridgehead atoms. The Balaban J connectivity index is 2.00. The van der Waals surface area contributed by atoms with Gasteiger partial charge in [-0.15, -0.1) is 13.2 Å². The van der Waals surface area contributed by atoms with Crippen molar-refractivity contribution in [3.05, 3.63) is 59.3 Å². The van der Waals surface area contributed by atoms with Crippen LogP contribution in [0.1, 0.15) is 0 Å². The Hall–Kier alpha value is -3.27. The molecule has 154 valence electrons. The standard InChI is InChI=1S/C19H18F3N3O4/c1-24-11-13(10-23-24)16-12-25(18(26)9-17(16)28-8-7-27-2)14-3-5-15(6-4-14)29-19(20,21)22/h3-6,9-12H,7-8H2,1-2H3. The first-order chi connectivity index (χ1) is 13.8. The SMILES string of the molecule is COCCOc1cc(=O)n(-c2ccc(OC(F)(F)F)cc2)cc1-c1cnn(C)c1. The minimum absolute atomic E-state index is 0.247. The molecule has 0 atom stereocenters. The van der Waals surface area contributed by atoms with E-state index in [0.29, 0.717) is 29.2 Å². The third kappa shape index (κ3) is 5.17. The Morgan fingerprint density at radius 1 is 1.10 bits per heavy atom. The molecule has 0 aliphatic heterocycles. The molecule has 1 aromatic carbocycles. The Labute approximate surface area is 163 Å². The van der Waals surface area contributed by atoms with Crippen molar-refractivity contribution in [1.29, 1.82) is 0 Å². The molecule has 0 unspecified atom stereocenters. The number of halogens is 3. The summed E-state index contributed by atoms with van der Waals surface area (Å²) in [4.78, 5) is 12.6. The lowest BCUT2D eigenvalue weighted by Gasteiger charge is -2.14. The second kappa shape index (κ2) is 8.39. The van der Waals surface area contributed by atoms with E-state index in [-0.39, 0.29) is 12.4 Å². The normalized spacial score (nSPS) is 11.5. The van der Waals surface area contributed by atoms with Gasteiger partial charge in [-0.1, -0.05) is 0 Å². The van der Waals surface area contributed by atoms with Crippen LogP contribution < -0.4 is 15.0 Å². The number of hydrogen-bond donors (Lipinski definition) is 0. The maximum atomic E-state index is 12.6. The monoisotopic (exact) mass is 409 g/mol. The molecule has 2 aromatic heterocycles.